The van der Waals surface area contributed by atoms with Crippen LogP contribution < -0.4 is 15.2 Å². The average molecular weight is 257 g/mol. The highest BCUT2D eigenvalue weighted by molar-refractivity contribution is 5.74. The maximum atomic E-state index is 5.84. The van der Waals surface area contributed by atoms with Gasteiger partial charge in [-0.25, -0.2) is 0 Å². The molecular formula is C16H19NO2. The smallest absolute Gasteiger partial charge is 0.126 e. The van der Waals surface area contributed by atoms with Crippen LogP contribution in [-0.4, -0.2) is 14.2 Å². The molecule has 0 amide bonds. The van der Waals surface area contributed by atoms with Gasteiger partial charge in [0.05, 0.1) is 14.2 Å². The SMILES string of the molecule is COc1ccc(-c2cc(C)ccc2OC)c(CN)c1. The van der Waals surface area contributed by atoms with Crippen molar-refractivity contribution >= 4 is 0 Å². The lowest BCUT2D eigenvalue weighted by Crippen LogP contribution is -2.01. The van der Waals surface area contributed by atoms with E-state index in [1.807, 2.05) is 30.3 Å². The third kappa shape index (κ3) is 2.71. The van der Waals surface area contributed by atoms with Crippen LogP contribution in [0, 0.1) is 6.92 Å². The summed E-state index contributed by atoms with van der Waals surface area (Å²) in [5.41, 5.74) is 10.2. The Balaban J connectivity index is 2.60. The molecule has 0 aliphatic rings. The van der Waals surface area contributed by atoms with Crippen molar-refractivity contribution in [2.75, 3.05) is 14.2 Å². The molecule has 0 unspecified atom stereocenters. The van der Waals surface area contributed by atoms with Gasteiger partial charge in [0.25, 0.3) is 0 Å². The Morgan fingerprint density at radius 3 is 2.37 bits per heavy atom. The summed E-state index contributed by atoms with van der Waals surface area (Å²) >= 11 is 0. The average Bonchev–Trinajstić information content (AvgIpc) is 2.46. The van der Waals surface area contributed by atoms with E-state index in [1.54, 1.807) is 14.2 Å². The molecule has 19 heavy (non-hydrogen) atoms. The van der Waals surface area contributed by atoms with Crippen molar-refractivity contribution in [1.82, 2.24) is 0 Å². The number of nitrogens with two attached hydrogens (primary N) is 1. The van der Waals surface area contributed by atoms with Gasteiger partial charge >= 0.3 is 0 Å². The first-order valence-electron chi connectivity index (χ1n) is 6.21. The quantitative estimate of drug-likeness (QED) is 0.915. The molecule has 100 valence electrons. The zero-order valence-corrected chi connectivity index (χ0v) is 11.6. The van der Waals surface area contributed by atoms with Crippen LogP contribution in [-0.2, 0) is 6.54 Å². The summed E-state index contributed by atoms with van der Waals surface area (Å²) in [5.74, 6) is 1.67. The Bertz CT molecular complexity index is 579. The van der Waals surface area contributed by atoms with E-state index in [9.17, 15) is 0 Å². The minimum absolute atomic E-state index is 0.462. The van der Waals surface area contributed by atoms with Gasteiger partial charge < -0.3 is 15.2 Å². The maximum Gasteiger partial charge on any atom is 0.126 e. The molecule has 3 nitrogen and oxygen atoms in total. The van der Waals surface area contributed by atoms with Crippen LogP contribution in [0.3, 0.4) is 0 Å². The Labute approximate surface area is 114 Å². The van der Waals surface area contributed by atoms with E-state index < -0.39 is 0 Å². The molecule has 0 radical (unpaired) electrons. The van der Waals surface area contributed by atoms with Crippen molar-refractivity contribution in [3.8, 4) is 22.6 Å². The second-order valence-electron chi connectivity index (χ2n) is 4.43. The molecule has 0 fully saturated rings. The predicted octanol–water partition coefficient (Wildman–Crippen LogP) is 3.14. The lowest BCUT2D eigenvalue weighted by Gasteiger charge is -2.14. The second-order valence-corrected chi connectivity index (χ2v) is 4.43. The van der Waals surface area contributed by atoms with E-state index in [2.05, 4.69) is 13.0 Å². The largest absolute Gasteiger partial charge is 0.497 e. The van der Waals surface area contributed by atoms with Gasteiger partial charge in [0, 0.05) is 12.1 Å². The van der Waals surface area contributed by atoms with Gasteiger partial charge in [-0.2, -0.15) is 0 Å². The maximum absolute atomic E-state index is 5.84. The van der Waals surface area contributed by atoms with Gasteiger partial charge in [-0.05, 0) is 42.3 Å². The summed E-state index contributed by atoms with van der Waals surface area (Å²) in [4.78, 5) is 0. The van der Waals surface area contributed by atoms with Crippen LogP contribution in [0.15, 0.2) is 36.4 Å². The molecule has 0 saturated heterocycles. The van der Waals surface area contributed by atoms with Crippen LogP contribution >= 0.6 is 0 Å². The van der Waals surface area contributed by atoms with E-state index in [0.717, 1.165) is 28.2 Å². The third-order valence-corrected chi connectivity index (χ3v) is 3.18. The molecule has 2 rings (SSSR count). The van der Waals surface area contributed by atoms with Crippen molar-refractivity contribution in [3.05, 3.63) is 47.5 Å². The van der Waals surface area contributed by atoms with Crippen LogP contribution in [0.1, 0.15) is 11.1 Å². The lowest BCUT2D eigenvalue weighted by molar-refractivity contribution is 0.413. The number of methoxy groups -OCH3 is 2. The molecule has 0 aliphatic heterocycles. The van der Waals surface area contributed by atoms with Gasteiger partial charge in [0.15, 0.2) is 0 Å². The first kappa shape index (κ1) is 13.4. The summed E-state index contributed by atoms with van der Waals surface area (Å²) in [7, 11) is 3.34. The van der Waals surface area contributed by atoms with Crippen molar-refractivity contribution in [2.45, 2.75) is 13.5 Å². The van der Waals surface area contributed by atoms with E-state index in [4.69, 9.17) is 15.2 Å². The van der Waals surface area contributed by atoms with Crippen LogP contribution in [0.2, 0.25) is 0 Å². The van der Waals surface area contributed by atoms with Crippen molar-refractivity contribution in [2.24, 2.45) is 5.73 Å². The standard InChI is InChI=1S/C16H19NO2/c1-11-4-7-16(19-3)15(8-11)14-6-5-13(18-2)9-12(14)10-17/h4-9H,10,17H2,1-3H3. The summed E-state index contributed by atoms with van der Waals surface area (Å²) in [6, 6.07) is 12.1. The topological polar surface area (TPSA) is 44.5 Å². The highest BCUT2D eigenvalue weighted by atomic mass is 16.5. The second kappa shape index (κ2) is 5.76. The summed E-state index contributed by atoms with van der Waals surface area (Å²) in [5, 5.41) is 0. The minimum atomic E-state index is 0.462. The first-order chi connectivity index (χ1) is 9.19. The molecule has 0 saturated carbocycles. The van der Waals surface area contributed by atoms with Crippen molar-refractivity contribution in [1.29, 1.82) is 0 Å². The Kier molecular flexibility index (Phi) is 4.07. The summed E-state index contributed by atoms with van der Waals surface area (Å²) < 4.78 is 10.7. The number of hydrogen-bond acceptors (Lipinski definition) is 3. The number of rotatable bonds is 4. The summed E-state index contributed by atoms with van der Waals surface area (Å²) in [6.07, 6.45) is 0. The molecule has 2 aromatic carbocycles. The molecule has 0 aliphatic carbocycles. The number of hydrogen-bond donors (Lipinski definition) is 1. The Morgan fingerprint density at radius 1 is 0.947 bits per heavy atom. The number of ether oxygens (including phenoxy) is 2. The normalized spacial score (nSPS) is 10.3. The van der Waals surface area contributed by atoms with Crippen LogP contribution in [0.4, 0.5) is 0 Å². The van der Waals surface area contributed by atoms with Crippen LogP contribution in [0.25, 0.3) is 11.1 Å². The van der Waals surface area contributed by atoms with Gasteiger partial charge in [-0.15, -0.1) is 0 Å². The Morgan fingerprint density at radius 2 is 1.74 bits per heavy atom. The molecular weight excluding hydrogens is 238 g/mol. The molecule has 0 heterocycles. The fourth-order valence-corrected chi connectivity index (χ4v) is 2.16. The zero-order valence-electron chi connectivity index (χ0n) is 11.6. The van der Waals surface area contributed by atoms with Gasteiger partial charge in [0.2, 0.25) is 0 Å². The lowest BCUT2D eigenvalue weighted by atomic mass is 9.97. The monoisotopic (exact) mass is 257 g/mol. The molecule has 0 bridgehead atoms. The predicted molar refractivity (Wildman–Crippen MR) is 77.6 cm³/mol. The molecule has 2 aromatic rings. The minimum Gasteiger partial charge on any atom is -0.497 e. The highest BCUT2D eigenvalue weighted by Gasteiger charge is 2.11. The Hall–Kier alpha value is -2.00. The highest BCUT2D eigenvalue weighted by Crippen LogP contribution is 2.34. The summed E-state index contributed by atoms with van der Waals surface area (Å²) in [6.45, 7) is 2.53. The number of benzene rings is 2. The molecule has 0 aromatic heterocycles. The molecule has 0 atom stereocenters. The molecule has 3 heteroatoms. The van der Waals surface area contributed by atoms with Crippen molar-refractivity contribution < 1.29 is 9.47 Å². The van der Waals surface area contributed by atoms with Gasteiger partial charge in [-0.3, -0.25) is 0 Å². The number of aryl methyl sites for hydroxylation is 1. The van der Waals surface area contributed by atoms with Crippen molar-refractivity contribution in [3.63, 3.8) is 0 Å². The van der Waals surface area contributed by atoms with E-state index in [-0.39, 0.29) is 0 Å². The molecule has 0 spiro atoms. The zero-order chi connectivity index (χ0) is 13.8. The first-order valence-corrected chi connectivity index (χ1v) is 6.21. The fourth-order valence-electron chi connectivity index (χ4n) is 2.16. The molecule has 2 N–H and O–H groups in total. The van der Waals surface area contributed by atoms with E-state index >= 15 is 0 Å². The van der Waals surface area contributed by atoms with Gasteiger partial charge in [0.1, 0.15) is 11.5 Å². The van der Waals surface area contributed by atoms with E-state index in [0.29, 0.717) is 6.54 Å². The fraction of sp³-hybridized carbons (Fsp3) is 0.250. The van der Waals surface area contributed by atoms with E-state index in [1.165, 1.54) is 5.56 Å². The third-order valence-electron chi connectivity index (χ3n) is 3.18. The van der Waals surface area contributed by atoms with Gasteiger partial charge in [-0.1, -0.05) is 17.7 Å². The van der Waals surface area contributed by atoms with Crippen LogP contribution in [0.5, 0.6) is 11.5 Å².